The van der Waals surface area contributed by atoms with E-state index in [4.69, 9.17) is 14.2 Å². The van der Waals surface area contributed by atoms with Gasteiger partial charge in [0.05, 0.1) is 37.9 Å². The fraction of sp³-hybridized carbons (Fsp3) is 0.448. The lowest BCUT2D eigenvalue weighted by atomic mass is 9.96. The minimum Gasteiger partial charge on any atom is -0.431 e. The van der Waals surface area contributed by atoms with Crippen LogP contribution in [0.1, 0.15) is 91.2 Å². The van der Waals surface area contributed by atoms with Crippen molar-refractivity contribution in [1.29, 1.82) is 0 Å². The van der Waals surface area contributed by atoms with E-state index in [9.17, 15) is 50.0 Å². The van der Waals surface area contributed by atoms with Crippen LogP contribution < -0.4 is 9.47 Å². The fourth-order valence-electron chi connectivity index (χ4n) is 3.78. The van der Waals surface area contributed by atoms with Crippen molar-refractivity contribution in [1.82, 2.24) is 0 Å². The predicted molar refractivity (Wildman–Crippen MR) is 164 cm³/mol. The van der Waals surface area contributed by atoms with E-state index in [0.717, 1.165) is 12.1 Å². The molecule has 0 saturated carbocycles. The Labute approximate surface area is 263 Å². The van der Waals surface area contributed by atoms with Crippen molar-refractivity contribution >= 4 is 34.9 Å². The molecule has 0 fully saturated rings. The highest BCUT2D eigenvalue weighted by Gasteiger charge is 2.31. The van der Waals surface area contributed by atoms with Gasteiger partial charge in [0.1, 0.15) is 0 Å². The SMILES string of the molecule is CCC(C)c1cc([N+](=O)[O-])cc([N+](=O)[O-])c1OC(=O)C=C(C)C.CCC(C)c1cc([N+](=O)[O-])cc([N+](=O)[O-])c1OC(=O)OC(C)C. The van der Waals surface area contributed by atoms with Gasteiger partial charge in [-0.15, -0.1) is 0 Å². The molecule has 17 nitrogen and oxygen atoms in total. The second kappa shape index (κ2) is 17.1. The Balaban J connectivity index is 0.000000460. The van der Waals surface area contributed by atoms with E-state index in [-0.39, 0.29) is 34.5 Å². The third-order valence-corrected chi connectivity index (χ3v) is 6.39. The first-order valence-corrected chi connectivity index (χ1v) is 14.0. The summed E-state index contributed by atoms with van der Waals surface area (Å²) in [7, 11) is 0. The summed E-state index contributed by atoms with van der Waals surface area (Å²) < 4.78 is 14.9. The van der Waals surface area contributed by atoms with E-state index >= 15 is 0 Å². The lowest BCUT2D eigenvalue weighted by molar-refractivity contribution is -0.395. The molecule has 2 aromatic carbocycles. The molecule has 46 heavy (non-hydrogen) atoms. The second-order valence-electron chi connectivity index (χ2n) is 10.6. The number of hydrogen-bond acceptors (Lipinski definition) is 13. The Bertz CT molecular complexity index is 1530. The lowest BCUT2D eigenvalue weighted by Crippen LogP contribution is -2.17. The van der Waals surface area contributed by atoms with Crippen LogP contribution in [0.2, 0.25) is 0 Å². The molecule has 2 unspecified atom stereocenters. The predicted octanol–water partition coefficient (Wildman–Crippen LogP) is 7.83. The van der Waals surface area contributed by atoms with Gasteiger partial charge in [0.25, 0.3) is 11.4 Å². The monoisotopic (exact) mass is 648 g/mol. The quantitative estimate of drug-likeness (QED) is 0.0533. The zero-order valence-electron chi connectivity index (χ0n) is 26.6. The highest BCUT2D eigenvalue weighted by atomic mass is 16.7. The number of hydrogen-bond donors (Lipinski definition) is 0. The van der Waals surface area contributed by atoms with Crippen LogP contribution in [0.5, 0.6) is 11.5 Å². The van der Waals surface area contributed by atoms with E-state index in [1.165, 1.54) is 18.2 Å². The van der Waals surface area contributed by atoms with Crippen LogP contribution in [0.4, 0.5) is 27.5 Å². The van der Waals surface area contributed by atoms with Crippen molar-refractivity contribution in [2.75, 3.05) is 0 Å². The molecule has 0 aliphatic carbocycles. The third kappa shape index (κ3) is 10.9. The maximum Gasteiger partial charge on any atom is 0.514 e. The largest absolute Gasteiger partial charge is 0.514 e. The number of non-ortho nitro benzene ring substituents is 2. The number of ether oxygens (including phenoxy) is 3. The normalized spacial score (nSPS) is 11.7. The Morgan fingerprint density at radius 1 is 0.696 bits per heavy atom. The third-order valence-electron chi connectivity index (χ3n) is 6.39. The molecule has 0 spiro atoms. The van der Waals surface area contributed by atoms with Gasteiger partial charge in [0, 0.05) is 29.3 Å². The topological polar surface area (TPSA) is 234 Å². The first kappa shape index (κ1) is 38.5. The van der Waals surface area contributed by atoms with Crippen LogP contribution >= 0.6 is 0 Å². The Morgan fingerprint density at radius 3 is 1.39 bits per heavy atom. The average molecular weight is 649 g/mol. The molecule has 0 saturated heterocycles. The van der Waals surface area contributed by atoms with Crippen molar-refractivity contribution in [3.05, 3.63) is 87.5 Å². The molecule has 0 bridgehead atoms. The van der Waals surface area contributed by atoms with Gasteiger partial charge in [-0.3, -0.25) is 40.5 Å². The molecule has 0 radical (unpaired) electrons. The number of allylic oxidation sites excluding steroid dienone is 1. The van der Waals surface area contributed by atoms with Crippen molar-refractivity contribution in [3.8, 4) is 11.5 Å². The number of rotatable bonds is 12. The number of carbonyl (C=O) groups is 2. The maximum atomic E-state index is 11.8. The zero-order chi connectivity index (χ0) is 35.5. The lowest BCUT2D eigenvalue weighted by Gasteiger charge is -2.15. The standard InChI is InChI=1S/C15H18N2O6.C14H18N2O7/c1-5-10(4)12-7-11(16(19)20)8-13(17(21)22)15(12)23-14(18)6-9(2)3;1-5-9(4)11-6-10(15(18)19)7-12(16(20)21)13(11)23-14(17)22-8(2)3/h6-8,10H,5H2,1-4H3;6-9H,5H2,1-4H3. The van der Waals surface area contributed by atoms with Gasteiger partial charge in [-0.2, -0.15) is 0 Å². The summed E-state index contributed by atoms with van der Waals surface area (Å²) in [6.45, 7) is 13.7. The van der Waals surface area contributed by atoms with Gasteiger partial charge in [0.2, 0.25) is 11.5 Å². The molecule has 0 amide bonds. The van der Waals surface area contributed by atoms with Gasteiger partial charge in [0.15, 0.2) is 0 Å². The molecule has 2 rings (SSSR count). The molecular weight excluding hydrogens is 612 g/mol. The van der Waals surface area contributed by atoms with Gasteiger partial charge in [-0.05, 0) is 52.4 Å². The summed E-state index contributed by atoms with van der Waals surface area (Å²) in [6, 6.07) is 3.96. The molecular formula is C29H36N4O13. The zero-order valence-corrected chi connectivity index (χ0v) is 26.6. The summed E-state index contributed by atoms with van der Waals surface area (Å²) in [6.07, 6.45) is 0.762. The van der Waals surface area contributed by atoms with E-state index in [1.807, 2.05) is 13.8 Å². The Morgan fingerprint density at radius 2 is 1.09 bits per heavy atom. The number of nitrogens with zero attached hydrogens (tertiary/aromatic N) is 4. The molecule has 0 aliphatic rings. The first-order valence-electron chi connectivity index (χ1n) is 14.0. The van der Waals surface area contributed by atoms with Crippen molar-refractivity contribution in [2.24, 2.45) is 0 Å². The minimum absolute atomic E-state index is 0.217. The Hall–Kier alpha value is -5.48. The van der Waals surface area contributed by atoms with Gasteiger partial charge in [-0.1, -0.05) is 33.3 Å². The Kier molecular flexibility index (Phi) is 14.3. The van der Waals surface area contributed by atoms with E-state index in [0.29, 0.717) is 18.4 Å². The first-order chi connectivity index (χ1) is 21.3. The fourth-order valence-corrected chi connectivity index (χ4v) is 3.78. The van der Waals surface area contributed by atoms with Crippen LogP contribution in [0.25, 0.3) is 0 Å². The molecule has 2 atom stereocenters. The molecule has 250 valence electrons. The van der Waals surface area contributed by atoms with E-state index in [1.54, 1.807) is 41.5 Å². The summed E-state index contributed by atoms with van der Waals surface area (Å²) >= 11 is 0. The molecule has 0 heterocycles. The van der Waals surface area contributed by atoms with Crippen LogP contribution in [-0.4, -0.2) is 37.9 Å². The molecule has 2 aromatic rings. The van der Waals surface area contributed by atoms with Crippen LogP contribution in [-0.2, 0) is 9.53 Å². The molecule has 0 N–H and O–H groups in total. The smallest absolute Gasteiger partial charge is 0.431 e. The number of esters is 1. The van der Waals surface area contributed by atoms with Crippen molar-refractivity contribution in [2.45, 2.75) is 86.2 Å². The van der Waals surface area contributed by atoms with Crippen LogP contribution in [0.3, 0.4) is 0 Å². The summed E-state index contributed by atoms with van der Waals surface area (Å²) in [5.74, 6) is -1.84. The summed E-state index contributed by atoms with van der Waals surface area (Å²) in [5, 5.41) is 44.4. The molecule has 17 heteroatoms. The van der Waals surface area contributed by atoms with Gasteiger partial charge < -0.3 is 14.2 Å². The number of benzene rings is 2. The second-order valence-corrected chi connectivity index (χ2v) is 10.6. The minimum atomic E-state index is -1.10. The number of nitro groups is 4. The van der Waals surface area contributed by atoms with Crippen molar-refractivity contribution < 1.29 is 43.5 Å². The number of nitro benzene ring substituents is 4. The average Bonchev–Trinajstić information content (AvgIpc) is 2.95. The highest BCUT2D eigenvalue weighted by Crippen LogP contribution is 2.41. The molecule has 0 aromatic heterocycles. The summed E-state index contributed by atoms with van der Waals surface area (Å²) in [5.41, 5.74) is -0.923. The maximum absolute atomic E-state index is 11.8. The van der Waals surface area contributed by atoms with Gasteiger partial charge >= 0.3 is 23.5 Å². The van der Waals surface area contributed by atoms with Crippen LogP contribution in [0.15, 0.2) is 35.9 Å². The van der Waals surface area contributed by atoms with Gasteiger partial charge in [-0.25, -0.2) is 9.59 Å². The van der Waals surface area contributed by atoms with E-state index < -0.39 is 60.7 Å². The summed E-state index contributed by atoms with van der Waals surface area (Å²) in [4.78, 5) is 64.9. The molecule has 0 aliphatic heterocycles. The number of carbonyl (C=O) groups excluding carboxylic acids is 2. The van der Waals surface area contributed by atoms with Crippen molar-refractivity contribution in [3.63, 3.8) is 0 Å². The van der Waals surface area contributed by atoms with E-state index in [2.05, 4.69) is 0 Å². The highest BCUT2D eigenvalue weighted by molar-refractivity contribution is 5.86. The van der Waals surface area contributed by atoms with Crippen LogP contribution in [0, 0.1) is 40.5 Å².